The molecule has 0 saturated heterocycles. The van der Waals surface area contributed by atoms with E-state index in [2.05, 4.69) is 36.2 Å². The molecule has 1 amide bonds. The summed E-state index contributed by atoms with van der Waals surface area (Å²) in [5.41, 5.74) is 1.62. The molecule has 0 aliphatic carbocycles. The van der Waals surface area contributed by atoms with E-state index in [1.54, 1.807) is 43.4 Å². The molecule has 0 spiro atoms. The summed E-state index contributed by atoms with van der Waals surface area (Å²) in [6.45, 7) is 1.81. The molecule has 1 atom stereocenters. The van der Waals surface area contributed by atoms with Crippen LogP contribution in [0, 0.1) is 5.82 Å². The lowest BCUT2D eigenvalue weighted by Crippen LogP contribution is -2.41. The number of hydrogen-bond acceptors (Lipinski definition) is 8. The van der Waals surface area contributed by atoms with Crippen LogP contribution in [0.3, 0.4) is 0 Å². The zero-order valence-corrected chi connectivity index (χ0v) is 16.9. The van der Waals surface area contributed by atoms with Crippen molar-refractivity contribution in [2.45, 2.75) is 13.1 Å². The highest BCUT2D eigenvalue weighted by molar-refractivity contribution is 6.26. The van der Waals surface area contributed by atoms with Crippen LogP contribution >= 0.6 is 0 Å². The van der Waals surface area contributed by atoms with Crippen LogP contribution in [0.5, 0.6) is 5.75 Å². The molecule has 3 rings (SSSR count). The normalized spacial score (nSPS) is 11.8. The Kier molecular flexibility index (Phi) is 7.07. The number of benzene rings is 2. The van der Waals surface area contributed by atoms with Crippen LogP contribution in [-0.2, 0) is 4.79 Å². The molecule has 0 bridgehead atoms. The van der Waals surface area contributed by atoms with Crippen molar-refractivity contribution in [2.24, 2.45) is 4.99 Å². The molecule has 0 aliphatic heterocycles. The van der Waals surface area contributed by atoms with E-state index in [9.17, 15) is 14.3 Å². The van der Waals surface area contributed by atoms with Crippen molar-refractivity contribution in [2.75, 3.05) is 17.7 Å². The predicted octanol–water partition coefficient (Wildman–Crippen LogP) is 3.19. The summed E-state index contributed by atoms with van der Waals surface area (Å²) in [5, 5.41) is 20.9. The second-order valence-electron chi connectivity index (χ2n) is 6.52. The number of carbonyl (C=O) groups excluding carboxylic acids is 1. The smallest absolute Gasteiger partial charge is 0.263 e. The maximum absolute atomic E-state index is 14.1. The molecule has 1 heterocycles. The third-order valence-electron chi connectivity index (χ3n) is 4.08. The molecule has 3 aromatic rings. The van der Waals surface area contributed by atoms with Gasteiger partial charge in [-0.05, 0) is 44.3 Å². The quantitative estimate of drug-likeness (QED) is 0.278. The fraction of sp³-hybridized carbons (Fsp3) is 0.143. The molecular formula is C21H22FN7O2. The first-order valence-electron chi connectivity index (χ1n) is 9.40. The molecule has 0 saturated carbocycles. The van der Waals surface area contributed by atoms with Crippen molar-refractivity contribution in [3.05, 3.63) is 60.5 Å². The third-order valence-corrected chi connectivity index (χ3v) is 4.08. The molecule has 10 heteroatoms. The Balaban J connectivity index is 1.71. The van der Waals surface area contributed by atoms with Gasteiger partial charge in [0.15, 0.2) is 11.6 Å². The van der Waals surface area contributed by atoms with E-state index >= 15 is 0 Å². The molecule has 5 N–H and O–H groups in total. The maximum atomic E-state index is 14.1. The molecular weight excluding hydrogens is 401 g/mol. The third kappa shape index (κ3) is 6.47. The lowest BCUT2D eigenvalue weighted by Gasteiger charge is -2.10. The average Bonchev–Trinajstić information content (AvgIpc) is 2.75. The first-order valence-corrected chi connectivity index (χ1v) is 9.40. The van der Waals surface area contributed by atoms with Crippen molar-refractivity contribution in [3.63, 3.8) is 0 Å². The van der Waals surface area contributed by atoms with Gasteiger partial charge in [0.1, 0.15) is 5.75 Å². The Labute approximate surface area is 178 Å². The Morgan fingerprint density at radius 3 is 2.65 bits per heavy atom. The number of hydrogen-bond donors (Lipinski definition) is 5. The summed E-state index contributed by atoms with van der Waals surface area (Å²) in [5.74, 6) is -0.818. The van der Waals surface area contributed by atoms with Crippen molar-refractivity contribution >= 4 is 41.0 Å². The van der Waals surface area contributed by atoms with Gasteiger partial charge in [0.2, 0.25) is 5.95 Å². The first-order chi connectivity index (χ1) is 14.9. The van der Waals surface area contributed by atoms with Gasteiger partial charge in [-0.25, -0.2) is 9.37 Å². The summed E-state index contributed by atoms with van der Waals surface area (Å²) >= 11 is 0. The van der Waals surface area contributed by atoms with Crippen molar-refractivity contribution < 1.29 is 14.3 Å². The number of aliphatic imine (C=N–C) groups is 1. The summed E-state index contributed by atoms with van der Waals surface area (Å²) in [6.07, 6.45) is 2.05. The zero-order chi connectivity index (χ0) is 22.2. The van der Waals surface area contributed by atoms with Crippen molar-refractivity contribution in [3.8, 4) is 5.75 Å². The van der Waals surface area contributed by atoms with Crippen LogP contribution in [0.1, 0.15) is 6.92 Å². The van der Waals surface area contributed by atoms with Crippen LogP contribution in [0.25, 0.3) is 0 Å². The second-order valence-corrected chi connectivity index (χ2v) is 6.52. The molecule has 0 fully saturated rings. The molecule has 2 aromatic carbocycles. The van der Waals surface area contributed by atoms with Gasteiger partial charge in [0.25, 0.3) is 5.91 Å². The van der Waals surface area contributed by atoms with Crippen molar-refractivity contribution in [1.82, 2.24) is 20.6 Å². The largest absolute Gasteiger partial charge is 0.508 e. The SMILES string of the molecule is CNC(C)NC(=O)C=Nc1cccc(Nc2ncc(F)c(Nc3cccc(O)c3)n2)c1. The topological polar surface area (TPSA) is 124 Å². The van der Waals surface area contributed by atoms with E-state index in [1.807, 2.05) is 6.92 Å². The van der Waals surface area contributed by atoms with Crippen molar-refractivity contribution in [1.29, 1.82) is 0 Å². The number of nitrogens with zero attached hydrogens (tertiary/aromatic N) is 3. The van der Waals surface area contributed by atoms with E-state index in [-0.39, 0.29) is 29.6 Å². The van der Waals surface area contributed by atoms with Gasteiger partial charge in [-0.2, -0.15) is 4.98 Å². The maximum Gasteiger partial charge on any atom is 0.263 e. The molecule has 1 unspecified atom stereocenters. The Morgan fingerprint density at radius 2 is 1.90 bits per heavy atom. The van der Waals surface area contributed by atoms with E-state index in [4.69, 9.17) is 0 Å². The highest BCUT2D eigenvalue weighted by atomic mass is 19.1. The number of phenols is 1. The summed E-state index contributed by atoms with van der Waals surface area (Å²) < 4.78 is 14.1. The van der Waals surface area contributed by atoms with Gasteiger partial charge in [0, 0.05) is 17.4 Å². The predicted molar refractivity (Wildman–Crippen MR) is 118 cm³/mol. The van der Waals surface area contributed by atoms with Crippen LogP contribution in [0.4, 0.5) is 33.2 Å². The number of phenolic OH excluding ortho intramolecular Hbond substituents is 1. The molecule has 0 aliphatic rings. The number of nitrogens with one attached hydrogen (secondary N) is 4. The number of carbonyl (C=O) groups is 1. The fourth-order valence-corrected chi connectivity index (χ4v) is 2.48. The highest BCUT2D eigenvalue weighted by Gasteiger charge is 2.09. The lowest BCUT2D eigenvalue weighted by atomic mass is 10.3. The van der Waals surface area contributed by atoms with Gasteiger partial charge in [-0.15, -0.1) is 0 Å². The van der Waals surface area contributed by atoms with E-state index in [0.717, 1.165) is 6.20 Å². The van der Waals surface area contributed by atoms with Gasteiger partial charge < -0.3 is 26.4 Å². The Morgan fingerprint density at radius 1 is 1.16 bits per heavy atom. The Hall–Kier alpha value is -4.05. The van der Waals surface area contributed by atoms with Gasteiger partial charge in [0.05, 0.1) is 24.3 Å². The number of amides is 1. The van der Waals surface area contributed by atoms with Crippen LogP contribution in [0.2, 0.25) is 0 Å². The minimum Gasteiger partial charge on any atom is -0.508 e. The van der Waals surface area contributed by atoms with E-state index in [0.29, 0.717) is 17.1 Å². The minimum absolute atomic E-state index is 0.0456. The number of rotatable bonds is 8. The highest BCUT2D eigenvalue weighted by Crippen LogP contribution is 2.24. The van der Waals surface area contributed by atoms with E-state index < -0.39 is 5.82 Å². The van der Waals surface area contributed by atoms with Crippen LogP contribution in [-0.4, -0.2) is 40.4 Å². The molecule has 31 heavy (non-hydrogen) atoms. The molecule has 9 nitrogen and oxygen atoms in total. The van der Waals surface area contributed by atoms with Crippen LogP contribution < -0.4 is 21.3 Å². The monoisotopic (exact) mass is 423 g/mol. The fourth-order valence-electron chi connectivity index (χ4n) is 2.48. The van der Waals surface area contributed by atoms with Gasteiger partial charge in [-0.1, -0.05) is 12.1 Å². The Bertz CT molecular complexity index is 1090. The van der Waals surface area contributed by atoms with E-state index in [1.165, 1.54) is 18.3 Å². The number of aromatic hydroxyl groups is 1. The molecule has 0 radical (unpaired) electrons. The number of aromatic nitrogens is 2. The molecule has 160 valence electrons. The van der Waals surface area contributed by atoms with Crippen LogP contribution in [0.15, 0.2) is 59.7 Å². The first kappa shape index (κ1) is 21.7. The summed E-state index contributed by atoms with van der Waals surface area (Å²) in [6, 6.07) is 13.2. The lowest BCUT2D eigenvalue weighted by molar-refractivity contribution is -0.115. The summed E-state index contributed by atoms with van der Waals surface area (Å²) in [7, 11) is 1.74. The number of anilines is 4. The standard InChI is InChI=1S/C21H22FN7O2/c1-13(23-2)26-19(31)12-24-14-5-3-6-15(9-14)28-21-25-11-18(22)20(29-21)27-16-7-4-8-17(30)10-16/h3-13,23,30H,1-2H3,(H,26,31)(H2,25,27,28,29). The average molecular weight is 423 g/mol. The molecule has 1 aromatic heterocycles. The zero-order valence-electron chi connectivity index (χ0n) is 16.9. The minimum atomic E-state index is -0.644. The second kappa shape index (κ2) is 10.1. The van der Waals surface area contributed by atoms with Gasteiger partial charge in [-0.3, -0.25) is 9.79 Å². The number of halogens is 1. The van der Waals surface area contributed by atoms with Gasteiger partial charge >= 0.3 is 0 Å². The summed E-state index contributed by atoms with van der Waals surface area (Å²) in [4.78, 5) is 24.0.